The summed E-state index contributed by atoms with van der Waals surface area (Å²) in [7, 11) is 0. The highest BCUT2D eigenvalue weighted by Gasteiger charge is 2.22. The summed E-state index contributed by atoms with van der Waals surface area (Å²) in [5.41, 5.74) is 1.07. The van der Waals surface area contributed by atoms with Crippen LogP contribution in [-0.2, 0) is 11.3 Å². The highest BCUT2D eigenvalue weighted by atomic mass is 32.2. The number of hydrogen-bond donors (Lipinski definition) is 0. The summed E-state index contributed by atoms with van der Waals surface area (Å²) in [6, 6.07) is 4.05. The number of carbonyl (C=O) groups is 1. The van der Waals surface area contributed by atoms with E-state index in [-0.39, 0.29) is 11.8 Å². The number of rotatable bonds is 4. The molecule has 140 valence electrons. The number of thiazole rings is 1. The average Bonchev–Trinajstić information content (AvgIpc) is 3.01. The second kappa shape index (κ2) is 8.05. The Morgan fingerprint density at radius 1 is 1.23 bits per heavy atom. The fourth-order valence-corrected chi connectivity index (χ4v) is 5.06. The van der Waals surface area contributed by atoms with Crippen LogP contribution in [0.1, 0.15) is 32.1 Å². The highest BCUT2D eigenvalue weighted by Crippen LogP contribution is 2.35. The normalized spacial score (nSPS) is 18.4. The van der Waals surface area contributed by atoms with E-state index in [1.807, 2.05) is 12.1 Å². The van der Waals surface area contributed by atoms with E-state index in [0.717, 1.165) is 64.5 Å². The first-order valence-corrected chi connectivity index (χ1v) is 11.5. The molecule has 4 rings (SSSR count). The van der Waals surface area contributed by atoms with Crippen LogP contribution < -0.4 is 14.3 Å². The second-order valence-electron chi connectivity index (χ2n) is 6.78. The van der Waals surface area contributed by atoms with Crippen LogP contribution in [0.3, 0.4) is 0 Å². The molecule has 0 N–H and O–H groups in total. The van der Waals surface area contributed by atoms with Crippen LogP contribution in [-0.4, -0.2) is 35.7 Å². The van der Waals surface area contributed by atoms with Crippen LogP contribution in [0.5, 0.6) is 11.5 Å². The maximum atomic E-state index is 12.7. The zero-order valence-electron chi connectivity index (χ0n) is 15.0. The fraction of sp³-hybridized carbons (Fsp3) is 0.579. The van der Waals surface area contributed by atoms with Gasteiger partial charge in [-0.2, -0.15) is 16.8 Å². The number of ether oxygens (including phenoxy) is 2. The zero-order chi connectivity index (χ0) is 17.9. The lowest BCUT2D eigenvalue weighted by atomic mass is 9.89. The molecule has 2 aliphatic rings. The van der Waals surface area contributed by atoms with Crippen LogP contribution in [0.2, 0.25) is 0 Å². The van der Waals surface area contributed by atoms with Crippen LogP contribution in [0.25, 0.3) is 10.2 Å². The van der Waals surface area contributed by atoms with Gasteiger partial charge in [0, 0.05) is 30.3 Å². The number of thioether (sulfide) groups is 1. The molecule has 0 spiro atoms. The molecule has 2 heterocycles. The van der Waals surface area contributed by atoms with Gasteiger partial charge in [0.25, 0.3) is 5.91 Å². The maximum Gasteiger partial charge on any atom is 0.251 e. The number of nitrogens with zero attached hydrogens (tertiary/aromatic N) is 2. The minimum absolute atomic E-state index is 0.0476. The minimum atomic E-state index is 0.0476. The lowest BCUT2D eigenvalue weighted by molar-refractivity contribution is -0.122. The number of benzene rings is 1. The van der Waals surface area contributed by atoms with Crippen LogP contribution >= 0.6 is 23.1 Å². The number of amides is 1. The standard InChI is InChI=1S/C19H24N2O3S2/c1-25-10-7-21-14-11-15-16(24-9-8-23-15)12-17(14)26-19(21)20-18(22)13-5-3-2-4-6-13/h11-13H,2-10H2,1H3. The van der Waals surface area contributed by atoms with Crippen molar-refractivity contribution in [3.05, 3.63) is 16.9 Å². The van der Waals surface area contributed by atoms with Crippen molar-refractivity contribution in [1.29, 1.82) is 0 Å². The summed E-state index contributed by atoms with van der Waals surface area (Å²) in [6.07, 6.45) is 7.59. The number of aromatic nitrogens is 1. The highest BCUT2D eigenvalue weighted by molar-refractivity contribution is 7.98. The Morgan fingerprint density at radius 3 is 2.69 bits per heavy atom. The predicted octanol–water partition coefficient (Wildman–Crippen LogP) is 3.84. The third kappa shape index (κ3) is 3.64. The van der Waals surface area contributed by atoms with E-state index in [9.17, 15) is 4.79 Å². The van der Waals surface area contributed by atoms with Gasteiger partial charge in [0.2, 0.25) is 0 Å². The summed E-state index contributed by atoms with van der Waals surface area (Å²) in [5, 5.41) is 0. The quantitative estimate of drug-likeness (QED) is 0.793. The monoisotopic (exact) mass is 392 g/mol. The van der Waals surface area contributed by atoms with E-state index in [1.54, 1.807) is 23.1 Å². The third-order valence-electron chi connectivity index (χ3n) is 5.03. The summed E-state index contributed by atoms with van der Waals surface area (Å²) in [5.74, 6) is 2.69. The third-order valence-corrected chi connectivity index (χ3v) is 6.66. The van der Waals surface area contributed by atoms with E-state index in [1.165, 1.54) is 6.42 Å². The Morgan fingerprint density at radius 2 is 1.96 bits per heavy atom. The Kier molecular flexibility index (Phi) is 5.55. The zero-order valence-corrected chi connectivity index (χ0v) is 16.7. The lowest BCUT2D eigenvalue weighted by Gasteiger charge is -2.18. The smallest absolute Gasteiger partial charge is 0.251 e. The van der Waals surface area contributed by atoms with Crippen molar-refractivity contribution in [3.8, 4) is 11.5 Å². The largest absolute Gasteiger partial charge is 0.486 e. The first-order chi connectivity index (χ1) is 12.8. The van der Waals surface area contributed by atoms with Gasteiger partial charge in [-0.15, -0.1) is 0 Å². The van der Waals surface area contributed by atoms with E-state index < -0.39 is 0 Å². The predicted molar refractivity (Wildman–Crippen MR) is 106 cm³/mol. The van der Waals surface area contributed by atoms with Crippen LogP contribution in [0, 0.1) is 5.92 Å². The van der Waals surface area contributed by atoms with Gasteiger partial charge < -0.3 is 14.0 Å². The number of carbonyl (C=O) groups excluding carboxylic acids is 1. The molecule has 7 heteroatoms. The molecule has 26 heavy (non-hydrogen) atoms. The van der Waals surface area contributed by atoms with Gasteiger partial charge in [0.1, 0.15) is 13.2 Å². The van der Waals surface area contributed by atoms with E-state index in [2.05, 4.69) is 15.8 Å². The maximum absolute atomic E-state index is 12.7. The van der Waals surface area contributed by atoms with E-state index in [4.69, 9.17) is 9.47 Å². The van der Waals surface area contributed by atoms with E-state index in [0.29, 0.717) is 13.2 Å². The molecule has 5 nitrogen and oxygen atoms in total. The molecule has 0 saturated heterocycles. The van der Waals surface area contributed by atoms with Gasteiger partial charge in [0.15, 0.2) is 16.3 Å². The van der Waals surface area contributed by atoms with Gasteiger partial charge in [-0.05, 0) is 19.1 Å². The SMILES string of the molecule is CSCCn1c(=NC(=O)C2CCCCC2)sc2cc3c(cc21)OCCO3. The van der Waals surface area contributed by atoms with Crippen molar-refractivity contribution >= 4 is 39.2 Å². The molecule has 1 amide bonds. The Bertz CT molecular complexity index is 866. The molecule has 0 unspecified atom stereocenters. The topological polar surface area (TPSA) is 52.8 Å². The van der Waals surface area contributed by atoms with Crippen molar-refractivity contribution in [2.45, 2.75) is 38.6 Å². The van der Waals surface area contributed by atoms with Crippen molar-refractivity contribution in [1.82, 2.24) is 4.57 Å². The van der Waals surface area contributed by atoms with Crippen LogP contribution in [0.4, 0.5) is 0 Å². The van der Waals surface area contributed by atoms with Crippen molar-refractivity contribution in [2.75, 3.05) is 25.2 Å². The molecule has 0 bridgehead atoms. The van der Waals surface area contributed by atoms with Crippen LogP contribution in [0.15, 0.2) is 17.1 Å². The summed E-state index contributed by atoms with van der Waals surface area (Å²) < 4.78 is 14.7. The molecule has 1 aromatic heterocycles. The molecular weight excluding hydrogens is 368 g/mol. The summed E-state index contributed by atoms with van der Waals surface area (Å²) in [4.78, 5) is 18.0. The average molecular weight is 393 g/mol. The molecule has 2 aromatic rings. The van der Waals surface area contributed by atoms with Gasteiger partial charge in [-0.1, -0.05) is 30.6 Å². The van der Waals surface area contributed by atoms with Gasteiger partial charge in [-0.25, -0.2) is 0 Å². The molecule has 1 aliphatic heterocycles. The first-order valence-electron chi connectivity index (χ1n) is 9.27. The number of aryl methyl sites for hydroxylation is 1. The van der Waals surface area contributed by atoms with Gasteiger partial charge in [0.05, 0.1) is 10.2 Å². The van der Waals surface area contributed by atoms with E-state index >= 15 is 0 Å². The molecule has 1 aromatic carbocycles. The Hall–Kier alpha value is -1.47. The molecular formula is C19H24N2O3S2. The van der Waals surface area contributed by atoms with Crippen molar-refractivity contribution in [2.24, 2.45) is 10.9 Å². The first kappa shape index (κ1) is 17.9. The second-order valence-corrected chi connectivity index (χ2v) is 8.77. The molecule has 0 radical (unpaired) electrons. The number of fused-ring (bicyclic) bond motifs is 2. The van der Waals surface area contributed by atoms with Crippen molar-refractivity contribution < 1.29 is 14.3 Å². The number of hydrogen-bond acceptors (Lipinski definition) is 5. The summed E-state index contributed by atoms with van der Waals surface area (Å²) in [6.45, 7) is 1.98. The fourth-order valence-electron chi connectivity index (χ4n) is 3.63. The Balaban J connectivity index is 1.76. The molecule has 0 atom stereocenters. The van der Waals surface area contributed by atoms with Gasteiger partial charge >= 0.3 is 0 Å². The van der Waals surface area contributed by atoms with Gasteiger partial charge in [-0.3, -0.25) is 4.79 Å². The molecule has 1 saturated carbocycles. The van der Waals surface area contributed by atoms with Crippen molar-refractivity contribution in [3.63, 3.8) is 0 Å². The molecule has 1 fully saturated rings. The Labute approximate surface area is 161 Å². The lowest BCUT2D eigenvalue weighted by Crippen LogP contribution is -2.22. The summed E-state index contributed by atoms with van der Waals surface area (Å²) >= 11 is 3.36. The minimum Gasteiger partial charge on any atom is -0.486 e. The molecule has 1 aliphatic carbocycles.